The molecule has 1 amide bonds. The van der Waals surface area contributed by atoms with E-state index in [0.717, 1.165) is 12.1 Å². The molecule has 1 atom stereocenters. The molecule has 2 aromatic carbocycles. The highest BCUT2D eigenvalue weighted by Gasteiger charge is 2.15. The van der Waals surface area contributed by atoms with Crippen LogP contribution in [-0.2, 0) is 0 Å². The summed E-state index contributed by atoms with van der Waals surface area (Å²) < 4.78 is 37.0. The van der Waals surface area contributed by atoms with Crippen molar-refractivity contribution in [2.45, 2.75) is 13.0 Å². The van der Waals surface area contributed by atoms with Gasteiger partial charge in [-0.15, -0.1) is 0 Å². The van der Waals surface area contributed by atoms with Crippen LogP contribution in [0.1, 0.15) is 28.9 Å². The van der Waals surface area contributed by atoms with E-state index in [4.69, 9.17) is 9.47 Å². The first kappa shape index (κ1) is 18.4. The van der Waals surface area contributed by atoms with Crippen LogP contribution < -0.4 is 14.8 Å². The number of rotatable bonds is 7. The topological polar surface area (TPSA) is 47.6 Å². The fourth-order valence-corrected chi connectivity index (χ4v) is 2.22. The highest BCUT2D eigenvalue weighted by molar-refractivity contribution is 5.95. The molecule has 4 nitrogen and oxygen atoms in total. The minimum atomic E-state index is -0.955. The van der Waals surface area contributed by atoms with Crippen molar-refractivity contribution < 1.29 is 23.0 Å². The molecule has 0 aromatic heterocycles. The Labute approximate surface area is 145 Å². The molecule has 0 aliphatic heterocycles. The van der Waals surface area contributed by atoms with E-state index in [-0.39, 0.29) is 5.91 Å². The van der Waals surface area contributed by atoms with E-state index in [1.165, 1.54) is 13.2 Å². The second-order valence-corrected chi connectivity index (χ2v) is 5.33. The fourth-order valence-electron chi connectivity index (χ4n) is 2.22. The van der Waals surface area contributed by atoms with Crippen molar-refractivity contribution in [3.63, 3.8) is 0 Å². The molecule has 132 valence electrons. The third-order valence-corrected chi connectivity index (χ3v) is 3.57. The monoisotopic (exact) mass is 347 g/mol. The third kappa shape index (κ3) is 4.56. The number of hydrogen-bond donors (Lipinski definition) is 1. The second-order valence-electron chi connectivity index (χ2n) is 5.33. The van der Waals surface area contributed by atoms with Gasteiger partial charge < -0.3 is 14.8 Å². The van der Waals surface area contributed by atoms with Gasteiger partial charge in [-0.05, 0) is 42.8 Å². The quantitative estimate of drug-likeness (QED) is 0.769. The number of carbonyl (C=O) groups excluding carboxylic acids is 1. The number of ether oxygens (including phenoxy) is 2. The first-order valence-corrected chi connectivity index (χ1v) is 7.63. The summed E-state index contributed by atoms with van der Waals surface area (Å²) in [5.41, 5.74) is 0.822. The molecule has 1 unspecified atom stereocenters. The van der Waals surface area contributed by atoms with E-state index in [1.807, 2.05) is 0 Å². The van der Waals surface area contributed by atoms with Crippen LogP contribution in [0.2, 0.25) is 0 Å². The molecule has 0 heterocycles. The lowest BCUT2D eigenvalue weighted by Gasteiger charge is -2.16. The van der Waals surface area contributed by atoms with E-state index in [1.54, 1.807) is 31.2 Å². The Morgan fingerprint density at radius 3 is 2.60 bits per heavy atom. The summed E-state index contributed by atoms with van der Waals surface area (Å²) in [5, 5.41) is 2.73. The number of methoxy groups -OCH3 is 1. The van der Waals surface area contributed by atoms with Gasteiger partial charge in [-0.2, -0.15) is 0 Å². The predicted molar refractivity (Wildman–Crippen MR) is 90.9 cm³/mol. The average molecular weight is 347 g/mol. The Hall–Kier alpha value is -2.89. The summed E-state index contributed by atoms with van der Waals surface area (Å²) in [6.45, 7) is 5.57. The third-order valence-electron chi connectivity index (χ3n) is 3.57. The van der Waals surface area contributed by atoms with E-state index in [9.17, 15) is 13.6 Å². The SMILES string of the molecule is C=CCOc1ccc(C(=O)NC(C)c2ccc(F)c(F)c2)cc1OC. The molecule has 0 spiro atoms. The summed E-state index contributed by atoms with van der Waals surface area (Å²) >= 11 is 0. The molecule has 0 saturated carbocycles. The zero-order chi connectivity index (χ0) is 18.4. The van der Waals surface area contributed by atoms with Crippen LogP contribution in [0.15, 0.2) is 49.1 Å². The van der Waals surface area contributed by atoms with E-state index in [2.05, 4.69) is 11.9 Å². The van der Waals surface area contributed by atoms with Gasteiger partial charge in [0.1, 0.15) is 6.61 Å². The normalized spacial score (nSPS) is 11.5. The zero-order valence-electron chi connectivity index (χ0n) is 14.0. The molecule has 0 aliphatic rings. The van der Waals surface area contributed by atoms with Gasteiger partial charge in [0.2, 0.25) is 0 Å². The molecule has 2 rings (SSSR count). The minimum absolute atomic E-state index is 0.315. The van der Waals surface area contributed by atoms with Crippen LogP contribution in [0.25, 0.3) is 0 Å². The van der Waals surface area contributed by atoms with Crippen molar-refractivity contribution >= 4 is 5.91 Å². The molecule has 25 heavy (non-hydrogen) atoms. The van der Waals surface area contributed by atoms with Crippen molar-refractivity contribution in [3.05, 3.63) is 71.8 Å². The van der Waals surface area contributed by atoms with Crippen LogP contribution in [-0.4, -0.2) is 19.6 Å². The Kier molecular flexibility index (Phi) is 6.11. The Bertz CT molecular complexity index is 777. The van der Waals surface area contributed by atoms with Crippen LogP contribution >= 0.6 is 0 Å². The largest absolute Gasteiger partial charge is 0.493 e. The smallest absolute Gasteiger partial charge is 0.251 e. The average Bonchev–Trinajstić information content (AvgIpc) is 2.61. The predicted octanol–water partition coefficient (Wildman–Crippen LogP) is 4.03. The second kappa shape index (κ2) is 8.28. The lowest BCUT2D eigenvalue weighted by molar-refractivity contribution is 0.0939. The van der Waals surface area contributed by atoms with E-state index < -0.39 is 17.7 Å². The van der Waals surface area contributed by atoms with Gasteiger partial charge in [0, 0.05) is 5.56 Å². The number of halogens is 2. The van der Waals surface area contributed by atoms with Crippen molar-refractivity contribution in [2.75, 3.05) is 13.7 Å². The van der Waals surface area contributed by atoms with Crippen molar-refractivity contribution in [1.29, 1.82) is 0 Å². The number of carbonyl (C=O) groups is 1. The van der Waals surface area contributed by atoms with Crippen molar-refractivity contribution in [1.82, 2.24) is 5.32 Å². The number of benzene rings is 2. The van der Waals surface area contributed by atoms with Crippen LogP contribution in [0.5, 0.6) is 11.5 Å². The first-order valence-electron chi connectivity index (χ1n) is 7.63. The van der Waals surface area contributed by atoms with Gasteiger partial charge >= 0.3 is 0 Å². The molecular formula is C19H19F2NO3. The fraction of sp³-hybridized carbons (Fsp3) is 0.211. The summed E-state index contributed by atoms with van der Waals surface area (Å²) in [5.74, 6) is -1.35. The molecule has 0 saturated heterocycles. The van der Waals surface area contributed by atoms with Crippen molar-refractivity contribution in [3.8, 4) is 11.5 Å². The molecule has 0 radical (unpaired) electrons. The van der Waals surface area contributed by atoms with Gasteiger partial charge in [-0.1, -0.05) is 18.7 Å². The van der Waals surface area contributed by atoms with E-state index >= 15 is 0 Å². The summed E-state index contributed by atoms with van der Waals surface area (Å²) in [7, 11) is 1.47. The Morgan fingerprint density at radius 1 is 1.20 bits per heavy atom. The molecule has 0 aliphatic carbocycles. The molecule has 6 heteroatoms. The molecule has 1 N–H and O–H groups in total. The summed E-state index contributed by atoms with van der Waals surface area (Å²) in [6.07, 6.45) is 1.60. The Morgan fingerprint density at radius 2 is 1.96 bits per heavy atom. The lowest BCUT2D eigenvalue weighted by atomic mass is 10.1. The van der Waals surface area contributed by atoms with Crippen molar-refractivity contribution in [2.24, 2.45) is 0 Å². The van der Waals surface area contributed by atoms with Crippen LogP contribution in [0.4, 0.5) is 8.78 Å². The lowest BCUT2D eigenvalue weighted by Crippen LogP contribution is -2.26. The van der Waals surface area contributed by atoms with E-state index in [0.29, 0.717) is 29.2 Å². The van der Waals surface area contributed by atoms with Gasteiger partial charge in [0.25, 0.3) is 5.91 Å². The van der Waals surface area contributed by atoms with Gasteiger partial charge in [0.05, 0.1) is 13.2 Å². The summed E-state index contributed by atoms with van der Waals surface area (Å²) in [6, 6.07) is 7.79. The standard InChI is InChI=1S/C19H19F2NO3/c1-4-9-25-17-8-6-14(11-18(17)24-3)19(23)22-12(2)13-5-7-15(20)16(21)10-13/h4-8,10-12H,1,9H2,2-3H3,(H,22,23). The zero-order valence-corrected chi connectivity index (χ0v) is 14.0. The molecule has 0 fully saturated rings. The number of amides is 1. The Balaban J connectivity index is 2.14. The highest BCUT2D eigenvalue weighted by Crippen LogP contribution is 2.28. The number of hydrogen-bond acceptors (Lipinski definition) is 3. The first-order chi connectivity index (χ1) is 12.0. The number of nitrogens with one attached hydrogen (secondary N) is 1. The molecule has 2 aromatic rings. The van der Waals surface area contributed by atoms with Gasteiger partial charge in [0.15, 0.2) is 23.1 Å². The highest BCUT2D eigenvalue weighted by atomic mass is 19.2. The maximum absolute atomic E-state index is 13.3. The maximum Gasteiger partial charge on any atom is 0.251 e. The minimum Gasteiger partial charge on any atom is -0.493 e. The van der Waals surface area contributed by atoms with Crippen LogP contribution in [0.3, 0.4) is 0 Å². The summed E-state index contributed by atoms with van der Waals surface area (Å²) in [4.78, 5) is 12.4. The van der Waals surface area contributed by atoms with Gasteiger partial charge in [-0.25, -0.2) is 8.78 Å². The van der Waals surface area contributed by atoms with Crippen LogP contribution in [0, 0.1) is 11.6 Å². The van der Waals surface area contributed by atoms with Gasteiger partial charge in [-0.3, -0.25) is 4.79 Å². The maximum atomic E-state index is 13.3. The molecular weight excluding hydrogens is 328 g/mol. The molecule has 0 bridgehead atoms.